The third kappa shape index (κ3) is 2.30. The van der Waals surface area contributed by atoms with Gasteiger partial charge in [0.15, 0.2) is 0 Å². The lowest BCUT2D eigenvalue weighted by molar-refractivity contribution is 0.249. The zero-order valence-electron chi connectivity index (χ0n) is 5.61. The first-order valence-corrected chi connectivity index (χ1v) is 3.87. The lowest BCUT2D eigenvalue weighted by atomic mass is 9.71. The van der Waals surface area contributed by atoms with Crippen molar-refractivity contribution in [3.05, 3.63) is 28.7 Å². The molecule has 0 atom stereocenters. The molecular weight excluding hydrogens is 211 g/mol. The van der Waals surface area contributed by atoms with Gasteiger partial charge in [-0.05, 0) is 0 Å². The van der Waals surface area contributed by atoms with Gasteiger partial charge in [0.25, 0.3) is 0 Å². The molecule has 1 aromatic carbocycles. The van der Waals surface area contributed by atoms with E-state index in [2.05, 4.69) is 15.9 Å². The standard InChI is InChI=1S/C6H7BBrO3/c8-6-3-1-5(2-4-6)7(9,10)11/h1-4,9-11H/q-1. The molecule has 0 fully saturated rings. The second kappa shape index (κ2) is 2.94. The van der Waals surface area contributed by atoms with Crippen molar-refractivity contribution < 1.29 is 15.1 Å². The molecule has 3 N–H and O–H groups in total. The van der Waals surface area contributed by atoms with Gasteiger partial charge in [0.05, 0.1) is 0 Å². The minimum atomic E-state index is -3.34. The van der Waals surface area contributed by atoms with Crippen molar-refractivity contribution in [3.8, 4) is 0 Å². The molecular formula is C6H7BBrO3-. The Kier molecular flexibility index (Phi) is 2.34. The molecule has 0 saturated heterocycles. The van der Waals surface area contributed by atoms with E-state index in [9.17, 15) is 0 Å². The number of hydrogen-bond acceptors (Lipinski definition) is 3. The largest absolute Gasteiger partial charge is 0.556 e. The summed E-state index contributed by atoms with van der Waals surface area (Å²) in [5.41, 5.74) is 0.105. The highest BCUT2D eigenvalue weighted by Gasteiger charge is 2.16. The van der Waals surface area contributed by atoms with Crippen molar-refractivity contribution in [2.75, 3.05) is 0 Å². The maximum absolute atomic E-state index is 8.74. The summed E-state index contributed by atoms with van der Waals surface area (Å²) in [5, 5.41) is 26.2. The molecule has 1 aromatic rings. The molecule has 0 aliphatic heterocycles. The van der Waals surface area contributed by atoms with Crippen molar-refractivity contribution in [1.29, 1.82) is 0 Å². The van der Waals surface area contributed by atoms with E-state index >= 15 is 0 Å². The third-order valence-electron chi connectivity index (χ3n) is 1.32. The Hall–Kier alpha value is -0.355. The van der Waals surface area contributed by atoms with E-state index in [1.165, 1.54) is 12.1 Å². The Bertz CT molecular complexity index is 241. The Labute approximate surface area is 72.4 Å². The predicted octanol–water partition coefficient (Wildman–Crippen LogP) is -0.428. The first-order chi connectivity index (χ1) is 5.00. The Morgan fingerprint density at radius 3 is 1.82 bits per heavy atom. The van der Waals surface area contributed by atoms with Crippen LogP contribution >= 0.6 is 15.9 Å². The molecule has 0 aliphatic carbocycles. The third-order valence-corrected chi connectivity index (χ3v) is 1.85. The SMILES string of the molecule is O[B-](O)(O)c1ccc(Br)cc1. The molecule has 0 radical (unpaired) electrons. The minimum absolute atomic E-state index is 0.105. The lowest BCUT2D eigenvalue weighted by Gasteiger charge is -2.20. The molecule has 0 aromatic heterocycles. The van der Waals surface area contributed by atoms with E-state index in [-0.39, 0.29) is 5.46 Å². The van der Waals surface area contributed by atoms with Crippen LogP contribution in [0.15, 0.2) is 28.7 Å². The Balaban J connectivity index is 2.99. The van der Waals surface area contributed by atoms with Crippen molar-refractivity contribution in [2.24, 2.45) is 0 Å². The number of rotatable bonds is 1. The monoisotopic (exact) mass is 217 g/mol. The molecule has 1 rings (SSSR count). The van der Waals surface area contributed by atoms with Crippen molar-refractivity contribution in [3.63, 3.8) is 0 Å². The van der Waals surface area contributed by atoms with E-state index in [4.69, 9.17) is 15.1 Å². The minimum Gasteiger partial charge on any atom is -0.556 e. The van der Waals surface area contributed by atoms with E-state index in [1.54, 1.807) is 12.1 Å². The van der Waals surface area contributed by atoms with Gasteiger partial charge in [0.1, 0.15) is 0 Å². The van der Waals surface area contributed by atoms with Gasteiger partial charge in [-0.15, -0.1) is 5.46 Å². The van der Waals surface area contributed by atoms with Gasteiger partial charge >= 0.3 is 6.75 Å². The summed E-state index contributed by atoms with van der Waals surface area (Å²) in [4.78, 5) is 0. The van der Waals surface area contributed by atoms with Crippen LogP contribution in [-0.4, -0.2) is 21.8 Å². The van der Waals surface area contributed by atoms with Crippen LogP contribution in [0.3, 0.4) is 0 Å². The van der Waals surface area contributed by atoms with Crippen LogP contribution in [0.1, 0.15) is 0 Å². The fourth-order valence-corrected chi connectivity index (χ4v) is 0.985. The van der Waals surface area contributed by atoms with Gasteiger partial charge in [0, 0.05) is 4.47 Å². The predicted molar refractivity (Wildman–Crippen MR) is 46.2 cm³/mol. The van der Waals surface area contributed by atoms with Crippen LogP contribution in [0.4, 0.5) is 0 Å². The van der Waals surface area contributed by atoms with Gasteiger partial charge < -0.3 is 15.1 Å². The second-order valence-corrected chi connectivity index (χ2v) is 3.20. The molecule has 3 nitrogen and oxygen atoms in total. The molecule has 11 heavy (non-hydrogen) atoms. The number of hydrogen-bond donors (Lipinski definition) is 3. The van der Waals surface area contributed by atoms with Crippen molar-refractivity contribution in [1.82, 2.24) is 0 Å². The molecule has 0 saturated carbocycles. The molecule has 0 spiro atoms. The molecule has 0 unspecified atom stereocenters. The van der Waals surface area contributed by atoms with Gasteiger partial charge in [0.2, 0.25) is 0 Å². The number of benzene rings is 1. The summed E-state index contributed by atoms with van der Waals surface area (Å²) in [5.74, 6) is 0. The van der Waals surface area contributed by atoms with Gasteiger partial charge in [-0.1, -0.05) is 40.2 Å². The summed E-state index contributed by atoms with van der Waals surface area (Å²) in [7, 11) is 0. The highest BCUT2D eigenvalue weighted by molar-refractivity contribution is 9.10. The van der Waals surface area contributed by atoms with Crippen molar-refractivity contribution in [2.45, 2.75) is 0 Å². The lowest BCUT2D eigenvalue weighted by Crippen LogP contribution is -2.48. The van der Waals surface area contributed by atoms with Crippen LogP contribution in [0.25, 0.3) is 0 Å². The zero-order chi connectivity index (χ0) is 8.48. The normalized spacial score (nSPS) is 11.6. The topological polar surface area (TPSA) is 60.7 Å². The first kappa shape index (κ1) is 8.74. The Morgan fingerprint density at radius 1 is 1.00 bits per heavy atom. The molecule has 0 aliphatic rings. The van der Waals surface area contributed by atoms with Gasteiger partial charge in [-0.3, -0.25) is 0 Å². The average Bonchev–Trinajstić information content (AvgIpc) is 1.86. The van der Waals surface area contributed by atoms with Crippen LogP contribution in [0, 0.1) is 0 Å². The molecule has 0 heterocycles. The summed E-state index contributed by atoms with van der Waals surface area (Å²) >= 11 is 3.17. The molecule has 5 heteroatoms. The van der Waals surface area contributed by atoms with E-state index < -0.39 is 6.75 Å². The summed E-state index contributed by atoms with van der Waals surface area (Å²) < 4.78 is 0.821. The van der Waals surface area contributed by atoms with Gasteiger partial charge in [-0.25, -0.2) is 0 Å². The summed E-state index contributed by atoms with van der Waals surface area (Å²) in [6, 6.07) is 6.11. The molecule has 0 bridgehead atoms. The quantitative estimate of drug-likeness (QED) is 0.560. The maximum atomic E-state index is 8.74. The van der Waals surface area contributed by atoms with Crippen LogP contribution in [0.5, 0.6) is 0 Å². The van der Waals surface area contributed by atoms with Crippen LogP contribution in [0.2, 0.25) is 0 Å². The van der Waals surface area contributed by atoms with Crippen molar-refractivity contribution >= 4 is 28.1 Å². The zero-order valence-corrected chi connectivity index (χ0v) is 7.19. The highest BCUT2D eigenvalue weighted by Crippen LogP contribution is 2.06. The number of halogens is 1. The Morgan fingerprint density at radius 2 is 1.45 bits per heavy atom. The van der Waals surface area contributed by atoms with E-state index in [0.717, 1.165) is 4.47 Å². The van der Waals surface area contributed by atoms with Gasteiger partial charge in [-0.2, -0.15) is 0 Å². The maximum Gasteiger partial charge on any atom is 0.402 e. The van der Waals surface area contributed by atoms with Crippen LogP contribution < -0.4 is 5.46 Å². The first-order valence-electron chi connectivity index (χ1n) is 3.07. The van der Waals surface area contributed by atoms with E-state index in [1.807, 2.05) is 0 Å². The smallest absolute Gasteiger partial charge is 0.402 e. The second-order valence-electron chi connectivity index (χ2n) is 2.29. The fraction of sp³-hybridized carbons (Fsp3) is 0. The molecule has 60 valence electrons. The molecule has 0 amide bonds. The highest BCUT2D eigenvalue weighted by atomic mass is 79.9. The summed E-state index contributed by atoms with van der Waals surface area (Å²) in [6.07, 6.45) is 0. The van der Waals surface area contributed by atoms with Crippen LogP contribution in [-0.2, 0) is 0 Å². The van der Waals surface area contributed by atoms with E-state index in [0.29, 0.717) is 0 Å². The fourth-order valence-electron chi connectivity index (χ4n) is 0.721. The summed E-state index contributed by atoms with van der Waals surface area (Å²) in [6.45, 7) is -3.34. The average molecular weight is 218 g/mol.